The fraction of sp³-hybridized carbons (Fsp3) is 0.462. The summed E-state index contributed by atoms with van der Waals surface area (Å²) in [5.41, 5.74) is 0.940. The third kappa shape index (κ3) is 1.75. The van der Waals surface area contributed by atoms with Gasteiger partial charge in [-0.25, -0.2) is 0 Å². The van der Waals surface area contributed by atoms with Crippen LogP contribution in [0.2, 0.25) is 0 Å². The summed E-state index contributed by atoms with van der Waals surface area (Å²) in [6.07, 6.45) is 1.89. The van der Waals surface area contributed by atoms with Gasteiger partial charge in [0, 0.05) is 6.04 Å². The quantitative estimate of drug-likeness (QED) is 0.812. The van der Waals surface area contributed by atoms with E-state index in [1.165, 1.54) is 5.56 Å². The molecule has 78 valence electrons. The van der Waals surface area contributed by atoms with Gasteiger partial charge in [-0.15, -0.1) is 0 Å². The van der Waals surface area contributed by atoms with E-state index in [0.29, 0.717) is 6.04 Å². The molecule has 0 bridgehead atoms. The van der Waals surface area contributed by atoms with Crippen molar-refractivity contribution in [2.45, 2.75) is 31.2 Å². The number of hydrogen-bond acceptors (Lipinski definition) is 2. The van der Waals surface area contributed by atoms with Crippen molar-refractivity contribution in [2.24, 2.45) is 0 Å². The molecule has 0 heterocycles. The van der Waals surface area contributed by atoms with Crippen LogP contribution < -0.4 is 5.32 Å². The van der Waals surface area contributed by atoms with Crippen LogP contribution in [0.1, 0.15) is 25.3 Å². The lowest BCUT2D eigenvalue weighted by atomic mass is 9.62. The highest BCUT2D eigenvalue weighted by atomic mass is 14.9. The molecule has 2 rings (SSSR count). The van der Waals surface area contributed by atoms with E-state index in [4.69, 9.17) is 0 Å². The Morgan fingerprint density at radius 3 is 2.60 bits per heavy atom. The lowest BCUT2D eigenvalue weighted by Crippen LogP contribution is -2.50. The first-order valence-electron chi connectivity index (χ1n) is 5.51. The monoisotopic (exact) mass is 200 g/mol. The van der Waals surface area contributed by atoms with E-state index >= 15 is 0 Å². The number of nitriles is 1. The zero-order chi connectivity index (χ0) is 10.7. The lowest BCUT2D eigenvalue weighted by Gasteiger charge is -2.43. The molecule has 0 aromatic heterocycles. The topological polar surface area (TPSA) is 35.8 Å². The second-order valence-electron chi connectivity index (χ2n) is 4.22. The van der Waals surface area contributed by atoms with E-state index < -0.39 is 0 Å². The molecule has 0 atom stereocenters. The minimum atomic E-state index is -0.228. The Bertz CT molecular complexity index is 358. The average Bonchev–Trinajstić information content (AvgIpc) is 2.24. The van der Waals surface area contributed by atoms with E-state index in [1.807, 2.05) is 18.2 Å². The maximum atomic E-state index is 9.30. The fourth-order valence-electron chi connectivity index (χ4n) is 2.36. The van der Waals surface area contributed by atoms with Crippen LogP contribution in [0.3, 0.4) is 0 Å². The molecule has 1 aliphatic carbocycles. The smallest absolute Gasteiger partial charge is 0.0852 e. The van der Waals surface area contributed by atoms with Crippen molar-refractivity contribution in [1.29, 1.82) is 5.26 Å². The predicted octanol–water partition coefficient (Wildman–Crippen LogP) is 2.22. The van der Waals surface area contributed by atoms with Gasteiger partial charge >= 0.3 is 0 Å². The Labute approximate surface area is 90.9 Å². The fourth-order valence-corrected chi connectivity index (χ4v) is 2.36. The Kier molecular flexibility index (Phi) is 2.75. The predicted molar refractivity (Wildman–Crippen MR) is 60.4 cm³/mol. The maximum absolute atomic E-state index is 9.30. The van der Waals surface area contributed by atoms with Gasteiger partial charge in [0.2, 0.25) is 0 Å². The van der Waals surface area contributed by atoms with Crippen LogP contribution in [0.4, 0.5) is 0 Å². The Balaban J connectivity index is 2.12. The average molecular weight is 200 g/mol. The van der Waals surface area contributed by atoms with Crippen LogP contribution in [0, 0.1) is 11.3 Å². The van der Waals surface area contributed by atoms with Gasteiger partial charge in [-0.2, -0.15) is 5.26 Å². The van der Waals surface area contributed by atoms with Gasteiger partial charge in [-0.1, -0.05) is 37.3 Å². The summed E-state index contributed by atoms with van der Waals surface area (Å²) >= 11 is 0. The summed E-state index contributed by atoms with van der Waals surface area (Å²) < 4.78 is 0. The van der Waals surface area contributed by atoms with Gasteiger partial charge in [-0.05, 0) is 24.9 Å². The highest BCUT2D eigenvalue weighted by Crippen LogP contribution is 2.43. The van der Waals surface area contributed by atoms with E-state index in [9.17, 15) is 5.26 Å². The number of nitrogens with one attached hydrogen (secondary N) is 1. The van der Waals surface area contributed by atoms with E-state index in [0.717, 1.165) is 19.4 Å². The van der Waals surface area contributed by atoms with Gasteiger partial charge in [0.25, 0.3) is 0 Å². The zero-order valence-electron chi connectivity index (χ0n) is 9.03. The van der Waals surface area contributed by atoms with E-state index in [1.54, 1.807) is 0 Å². The standard InChI is InChI=1S/C13H16N2/c1-2-15-12-8-13(9-12,10-14)11-6-4-3-5-7-11/h3-7,12,15H,2,8-9H2,1H3. The molecule has 0 saturated heterocycles. The number of rotatable bonds is 3. The molecule has 0 amide bonds. The van der Waals surface area contributed by atoms with Crippen LogP contribution >= 0.6 is 0 Å². The highest BCUT2D eigenvalue weighted by Gasteiger charge is 2.45. The number of hydrogen-bond donors (Lipinski definition) is 1. The molecule has 1 saturated carbocycles. The van der Waals surface area contributed by atoms with Crippen molar-refractivity contribution in [1.82, 2.24) is 5.32 Å². The zero-order valence-corrected chi connectivity index (χ0v) is 9.03. The molecule has 2 heteroatoms. The molecule has 0 aliphatic heterocycles. The molecular weight excluding hydrogens is 184 g/mol. The molecule has 15 heavy (non-hydrogen) atoms. The van der Waals surface area contributed by atoms with Crippen molar-refractivity contribution >= 4 is 0 Å². The van der Waals surface area contributed by atoms with Gasteiger partial charge in [0.05, 0.1) is 11.5 Å². The molecule has 1 N–H and O–H groups in total. The van der Waals surface area contributed by atoms with Crippen molar-refractivity contribution < 1.29 is 0 Å². The SMILES string of the molecule is CCNC1CC(C#N)(c2ccccc2)C1. The lowest BCUT2D eigenvalue weighted by molar-refractivity contribution is 0.230. The van der Waals surface area contributed by atoms with Crippen molar-refractivity contribution in [3.05, 3.63) is 35.9 Å². The largest absolute Gasteiger partial charge is 0.314 e. The summed E-state index contributed by atoms with van der Waals surface area (Å²) in [7, 11) is 0. The summed E-state index contributed by atoms with van der Waals surface area (Å²) in [4.78, 5) is 0. The van der Waals surface area contributed by atoms with Crippen molar-refractivity contribution in [3.8, 4) is 6.07 Å². The molecule has 0 radical (unpaired) electrons. The first-order chi connectivity index (χ1) is 7.30. The summed E-state index contributed by atoms with van der Waals surface area (Å²) in [6, 6.07) is 13.1. The molecule has 0 spiro atoms. The molecule has 2 nitrogen and oxygen atoms in total. The molecule has 1 fully saturated rings. The maximum Gasteiger partial charge on any atom is 0.0852 e. The molecule has 1 aromatic rings. The normalized spacial score (nSPS) is 29.2. The van der Waals surface area contributed by atoms with Crippen molar-refractivity contribution in [2.75, 3.05) is 6.54 Å². The molecule has 0 unspecified atom stereocenters. The summed E-state index contributed by atoms with van der Waals surface area (Å²) in [6.45, 7) is 3.09. The van der Waals surface area contributed by atoms with E-state index in [-0.39, 0.29) is 5.41 Å². The number of nitrogens with zero attached hydrogens (tertiary/aromatic N) is 1. The van der Waals surface area contributed by atoms with Gasteiger partial charge < -0.3 is 5.32 Å². The minimum Gasteiger partial charge on any atom is -0.314 e. The van der Waals surface area contributed by atoms with Crippen molar-refractivity contribution in [3.63, 3.8) is 0 Å². The second kappa shape index (κ2) is 4.04. The molecule has 1 aliphatic rings. The second-order valence-corrected chi connectivity index (χ2v) is 4.22. The van der Waals surface area contributed by atoms with Gasteiger partial charge in [0.1, 0.15) is 0 Å². The Morgan fingerprint density at radius 2 is 2.07 bits per heavy atom. The molecular formula is C13H16N2. The minimum absolute atomic E-state index is 0.228. The van der Waals surface area contributed by atoms with Crippen LogP contribution in [0.5, 0.6) is 0 Å². The van der Waals surface area contributed by atoms with Crippen LogP contribution in [0.25, 0.3) is 0 Å². The molecule has 1 aromatic carbocycles. The van der Waals surface area contributed by atoms with Crippen LogP contribution in [0.15, 0.2) is 30.3 Å². The Morgan fingerprint density at radius 1 is 1.40 bits per heavy atom. The van der Waals surface area contributed by atoms with Crippen LogP contribution in [-0.2, 0) is 5.41 Å². The van der Waals surface area contributed by atoms with E-state index in [2.05, 4.69) is 30.4 Å². The summed E-state index contributed by atoms with van der Waals surface area (Å²) in [5.74, 6) is 0. The summed E-state index contributed by atoms with van der Waals surface area (Å²) in [5, 5.41) is 12.7. The van der Waals surface area contributed by atoms with Crippen LogP contribution in [-0.4, -0.2) is 12.6 Å². The van der Waals surface area contributed by atoms with Gasteiger partial charge in [-0.3, -0.25) is 0 Å². The highest BCUT2D eigenvalue weighted by molar-refractivity contribution is 5.36. The van der Waals surface area contributed by atoms with Gasteiger partial charge in [0.15, 0.2) is 0 Å². The third-order valence-electron chi connectivity index (χ3n) is 3.22. The third-order valence-corrected chi connectivity index (χ3v) is 3.22. The Hall–Kier alpha value is -1.33. The first kappa shape index (κ1) is 10.2. The number of benzene rings is 1. The first-order valence-corrected chi connectivity index (χ1v) is 5.51.